The molecular formula is C15H21FN2O2. The maximum atomic E-state index is 14.0. The van der Waals surface area contributed by atoms with E-state index in [1.165, 1.54) is 6.07 Å². The number of benzene rings is 1. The fraction of sp³-hybridized carbons (Fsp3) is 0.533. The first-order valence-electron chi connectivity index (χ1n) is 6.94. The molecule has 1 fully saturated rings. The largest absolute Gasteiger partial charge is 0.389 e. The van der Waals surface area contributed by atoms with Crippen molar-refractivity contribution in [1.29, 1.82) is 0 Å². The van der Waals surface area contributed by atoms with Crippen molar-refractivity contribution in [2.24, 2.45) is 11.7 Å². The van der Waals surface area contributed by atoms with E-state index in [4.69, 9.17) is 5.73 Å². The smallest absolute Gasteiger partial charge is 0.222 e. The Bertz CT molecular complexity index is 505. The third-order valence-corrected chi connectivity index (χ3v) is 4.04. The fourth-order valence-corrected chi connectivity index (χ4v) is 2.86. The number of carbonyl (C=O) groups excluding carboxylic acids is 1. The molecule has 1 amide bonds. The van der Waals surface area contributed by atoms with E-state index in [9.17, 15) is 14.3 Å². The van der Waals surface area contributed by atoms with Gasteiger partial charge in [-0.3, -0.25) is 4.79 Å². The average molecular weight is 280 g/mol. The van der Waals surface area contributed by atoms with Gasteiger partial charge in [0.05, 0.1) is 12.0 Å². The predicted molar refractivity (Wildman–Crippen MR) is 75.8 cm³/mol. The highest BCUT2D eigenvalue weighted by Crippen LogP contribution is 2.34. The van der Waals surface area contributed by atoms with E-state index < -0.39 is 11.9 Å². The molecule has 1 aromatic rings. The van der Waals surface area contributed by atoms with Crippen LogP contribution in [0.15, 0.2) is 18.2 Å². The number of hydrogen-bond acceptors (Lipinski definition) is 3. The lowest BCUT2D eigenvalue weighted by Crippen LogP contribution is -2.46. The van der Waals surface area contributed by atoms with Crippen molar-refractivity contribution in [3.8, 4) is 0 Å². The van der Waals surface area contributed by atoms with Gasteiger partial charge < -0.3 is 15.7 Å². The lowest BCUT2D eigenvalue weighted by molar-refractivity contribution is -0.122. The minimum atomic E-state index is -0.896. The maximum Gasteiger partial charge on any atom is 0.222 e. The second kappa shape index (κ2) is 5.79. The quantitative estimate of drug-likeness (QED) is 0.889. The van der Waals surface area contributed by atoms with Crippen LogP contribution in [0.5, 0.6) is 0 Å². The third-order valence-electron chi connectivity index (χ3n) is 4.04. The van der Waals surface area contributed by atoms with Gasteiger partial charge in [0.25, 0.3) is 0 Å². The lowest BCUT2D eigenvalue weighted by atomic mass is 9.91. The molecule has 4 nitrogen and oxygen atoms in total. The fourth-order valence-electron chi connectivity index (χ4n) is 2.86. The Labute approximate surface area is 118 Å². The van der Waals surface area contributed by atoms with Crippen molar-refractivity contribution < 1.29 is 14.3 Å². The van der Waals surface area contributed by atoms with Crippen LogP contribution in [0, 0.1) is 11.7 Å². The van der Waals surface area contributed by atoms with Crippen LogP contribution in [-0.2, 0) is 4.79 Å². The van der Waals surface area contributed by atoms with E-state index in [0.29, 0.717) is 12.2 Å². The molecule has 2 rings (SSSR count). The molecule has 3 N–H and O–H groups in total. The van der Waals surface area contributed by atoms with E-state index >= 15 is 0 Å². The number of nitrogens with two attached hydrogens (primary N) is 1. The minimum absolute atomic E-state index is 0.185. The maximum absolute atomic E-state index is 14.0. The molecule has 20 heavy (non-hydrogen) atoms. The number of rotatable bonds is 3. The summed E-state index contributed by atoms with van der Waals surface area (Å²) in [6, 6.07) is 4.93. The second-order valence-electron chi connectivity index (χ2n) is 5.53. The Kier molecular flexibility index (Phi) is 4.28. The number of carbonyl (C=O) groups is 1. The number of aliphatic hydroxyl groups excluding tert-OH is 1. The molecule has 1 aromatic carbocycles. The first kappa shape index (κ1) is 14.8. The van der Waals surface area contributed by atoms with Crippen molar-refractivity contribution in [2.45, 2.75) is 38.8 Å². The van der Waals surface area contributed by atoms with Gasteiger partial charge in [0.2, 0.25) is 5.91 Å². The summed E-state index contributed by atoms with van der Waals surface area (Å²) in [5, 5.41) is 9.82. The van der Waals surface area contributed by atoms with Crippen LogP contribution in [0.25, 0.3) is 0 Å². The van der Waals surface area contributed by atoms with E-state index in [1.807, 2.05) is 11.8 Å². The first-order valence-corrected chi connectivity index (χ1v) is 6.94. The molecule has 0 spiro atoms. The Morgan fingerprint density at radius 3 is 2.80 bits per heavy atom. The van der Waals surface area contributed by atoms with Gasteiger partial charge in [0.1, 0.15) is 5.82 Å². The molecule has 0 radical (unpaired) electrons. The van der Waals surface area contributed by atoms with E-state index in [2.05, 4.69) is 0 Å². The third kappa shape index (κ3) is 2.77. The standard InChI is InChI=1S/C15H21FN2O2/c1-9-6-7-11(15(17)20)8-18(9)13-5-3-4-12(16)14(13)10(2)19/h3-5,9-11,19H,6-8H2,1-2H3,(H2,17,20)/t9?,10-,11?/m0/s1. The number of amides is 1. The Hall–Kier alpha value is -1.62. The molecule has 1 saturated heterocycles. The summed E-state index contributed by atoms with van der Waals surface area (Å²) in [6.45, 7) is 4.05. The molecule has 5 heteroatoms. The molecule has 0 saturated carbocycles. The molecule has 1 heterocycles. The molecular weight excluding hydrogens is 259 g/mol. The molecule has 110 valence electrons. The van der Waals surface area contributed by atoms with E-state index in [-0.39, 0.29) is 23.4 Å². The molecule has 2 unspecified atom stereocenters. The summed E-state index contributed by atoms with van der Waals surface area (Å²) < 4.78 is 14.0. The van der Waals surface area contributed by atoms with Crippen LogP contribution in [0.2, 0.25) is 0 Å². The van der Waals surface area contributed by atoms with Gasteiger partial charge in [-0.2, -0.15) is 0 Å². The summed E-state index contributed by atoms with van der Waals surface area (Å²) in [5.41, 5.74) is 6.32. The van der Waals surface area contributed by atoms with Gasteiger partial charge in [-0.05, 0) is 38.8 Å². The summed E-state index contributed by atoms with van der Waals surface area (Å²) >= 11 is 0. The van der Waals surface area contributed by atoms with Gasteiger partial charge in [-0.25, -0.2) is 4.39 Å². The van der Waals surface area contributed by atoms with Crippen LogP contribution < -0.4 is 10.6 Å². The zero-order valence-electron chi connectivity index (χ0n) is 11.8. The zero-order chi connectivity index (χ0) is 14.9. The monoisotopic (exact) mass is 280 g/mol. The highest BCUT2D eigenvalue weighted by Gasteiger charge is 2.31. The van der Waals surface area contributed by atoms with Crippen LogP contribution >= 0.6 is 0 Å². The van der Waals surface area contributed by atoms with Crippen molar-refractivity contribution >= 4 is 11.6 Å². The van der Waals surface area contributed by atoms with Crippen molar-refractivity contribution in [3.05, 3.63) is 29.6 Å². The zero-order valence-corrected chi connectivity index (χ0v) is 11.8. The van der Waals surface area contributed by atoms with Gasteiger partial charge in [-0.1, -0.05) is 6.07 Å². The molecule has 0 bridgehead atoms. The van der Waals surface area contributed by atoms with Crippen LogP contribution in [0.3, 0.4) is 0 Å². The number of hydrogen-bond donors (Lipinski definition) is 2. The van der Waals surface area contributed by atoms with Crippen molar-refractivity contribution in [2.75, 3.05) is 11.4 Å². The highest BCUT2D eigenvalue weighted by molar-refractivity contribution is 5.78. The Morgan fingerprint density at radius 1 is 1.50 bits per heavy atom. The van der Waals surface area contributed by atoms with Crippen LogP contribution in [-0.4, -0.2) is 23.6 Å². The van der Waals surface area contributed by atoms with Gasteiger partial charge in [0, 0.05) is 23.8 Å². The predicted octanol–water partition coefficient (Wildman–Crippen LogP) is 1.97. The van der Waals surface area contributed by atoms with Gasteiger partial charge in [-0.15, -0.1) is 0 Å². The summed E-state index contributed by atoms with van der Waals surface area (Å²) in [4.78, 5) is 13.4. The van der Waals surface area contributed by atoms with Crippen molar-refractivity contribution in [1.82, 2.24) is 0 Å². The minimum Gasteiger partial charge on any atom is -0.389 e. The number of nitrogens with zero attached hydrogens (tertiary/aromatic N) is 1. The molecule has 0 aliphatic carbocycles. The highest BCUT2D eigenvalue weighted by atomic mass is 19.1. The number of halogens is 1. The summed E-state index contributed by atoms with van der Waals surface area (Å²) in [5.74, 6) is -0.973. The number of primary amides is 1. The normalized spacial score (nSPS) is 24.5. The Balaban J connectivity index is 2.38. The molecule has 1 aliphatic rings. The van der Waals surface area contributed by atoms with Crippen LogP contribution in [0.4, 0.5) is 10.1 Å². The number of anilines is 1. The number of aliphatic hydroxyl groups is 1. The average Bonchev–Trinajstić information content (AvgIpc) is 2.38. The molecule has 3 atom stereocenters. The first-order chi connectivity index (χ1) is 9.41. The van der Waals surface area contributed by atoms with Gasteiger partial charge in [0.15, 0.2) is 0 Å². The number of piperidine rings is 1. The second-order valence-corrected chi connectivity index (χ2v) is 5.53. The SMILES string of the molecule is CC1CCC(C(N)=O)CN1c1cccc(F)c1[C@H](C)O. The molecule has 1 aliphatic heterocycles. The summed E-state index contributed by atoms with van der Waals surface area (Å²) in [7, 11) is 0. The lowest BCUT2D eigenvalue weighted by Gasteiger charge is -2.40. The Morgan fingerprint density at radius 2 is 2.20 bits per heavy atom. The summed E-state index contributed by atoms with van der Waals surface area (Å²) in [6.07, 6.45) is 0.683. The topological polar surface area (TPSA) is 66.6 Å². The molecule has 0 aromatic heterocycles. The van der Waals surface area contributed by atoms with Gasteiger partial charge >= 0.3 is 0 Å². The van der Waals surface area contributed by atoms with Crippen molar-refractivity contribution in [3.63, 3.8) is 0 Å². The van der Waals surface area contributed by atoms with E-state index in [0.717, 1.165) is 12.8 Å². The van der Waals surface area contributed by atoms with E-state index in [1.54, 1.807) is 19.1 Å². The van der Waals surface area contributed by atoms with Crippen LogP contribution in [0.1, 0.15) is 38.4 Å².